The number of piperazine rings is 1. The van der Waals surface area contributed by atoms with Gasteiger partial charge in [-0.3, -0.25) is 14.9 Å². The number of nitrogens with one attached hydrogen (secondary N) is 2. The minimum absolute atomic E-state index is 0.0355. The highest BCUT2D eigenvalue weighted by Crippen LogP contribution is 2.13. The molecular weight excluding hydrogens is 244 g/mol. The first-order valence-corrected chi connectivity index (χ1v) is 7.11. The molecule has 0 aromatic carbocycles. The molecule has 2 heterocycles. The van der Waals surface area contributed by atoms with E-state index in [2.05, 4.69) is 29.5 Å². The average molecular weight is 268 g/mol. The molecule has 2 atom stereocenters. The second kappa shape index (κ2) is 6.34. The van der Waals surface area contributed by atoms with Crippen LogP contribution in [0.25, 0.3) is 0 Å². The molecule has 6 nitrogen and oxygen atoms in total. The van der Waals surface area contributed by atoms with Gasteiger partial charge in [-0.15, -0.1) is 0 Å². The summed E-state index contributed by atoms with van der Waals surface area (Å²) in [5, 5.41) is 5.78. The minimum Gasteiger partial charge on any atom is -0.353 e. The Balaban J connectivity index is 2.01. The molecule has 0 aromatic rings. The molecule has 2 N–H and O–H groups in total. The van der Waals surface area contributed by atoms with E-state index in [1.807, 2.05) is 4.90 Å². The molecule has 19 heavy (non-hydrogen) atoms. The SMILES string of the molecule is CCC1CN(C)CCCN1C(=O)C1CNC(=O)CN1. The summed E-state index contributed by atoms with van der Waals surface area (Å²) >= 11 is 0. The minimum atomic E-state index is -0.268. The van der Waals surface area contributed by atoms with Crippen LogP contribution in [0.15, 0.2) is 0 Å². The molecule has 0 saturated carbocycles. The molecular formula is C13H24N4O2. The molecule has 2 saturated heterocycles. The third-order valence-electron chi connectivity index (χ3n) is 3.97. The van der Waals surface area contributed by atoms with Gasteiger partial charge in [0.25, 0.3) is 0 Å². The lowest BCUT2D eigenvalue weighted by Gasteiger charge is -2.34. The van der Waals surface area contributed by atoms with Crippen molar-refractivity contribution in [2.45, 2.75) is 31.8 Å². The number of likely N-dealkylation sites (N-methyl/N-ethyl adjacent to an activating group) is 1. The molecule has 0 spiro atoms. The lowest BCUT2D eigenvalue weighted by Crippen LogP contribution is -2.60. The van der Waals surface area contributed by atoms with Crippen molar-refractivity contribution >= 4 is 11.8 Å². The molecule has 0 radical (unpaired) electrons. The zero-order valence-electron chi connectivity index (χ0n) is 11.8. The summed E-state index contributed by atoms with van der Waals surface area (Å²) in [5.41, 5.74) is 0. The van der Waals surface area contributed by atoms with Gasteiger partial charge in [-0.05, 0) is 26.4 Å². The maximum Gasteiger partial charge on any atom is 0.241 e. The van der Waals surface area contributed by atoms with E-state index in [9.17, 15) is 9.59 Å². The average Bonchev–Trinajstić information content (AvgIpc) is 2.60. The Morgan fingerprint density at radius 1 is 1.42 bits per heavy atom. The summed E-state index contributed by atoms with van der Waals surface area (Å²) in [6.07, 6.45) is 1.98. The van der Waals surface area contributed by atoms with Crippen molar-refractivity contribution < 1.29 is 9.59 Å². The number of hydrogen-bond acceptors (Lipinski definition) is 4. The number of carbonyl (C=O) groups excluding carboxylic acids is 2. The van der Waals surface area contributed by atoms with Gasteiger partial charge in [0.2, 0.25) is 11.8 Å². The van der Waals surface area contributed by atoms with Gasteiger partial charge in [0.05, 0.1) is 6.54 Å². The predicted octanol–water partition coefficient (Wildman–Crippen LogP) is -0.983. The topological polar surface area (TPSA) is 64.7 Å². The first kappa shape index (κ1) is 14.3. The maximum absolute atomic E-state index is 12.6. The Labute approximate surface area is 114 Å². The Morgan fingerprint density at radius 2 is 2.21 bits per heavy atom. The van der Waals surface area contributed by atoms with Crippen molar-refractivity contribution in [1.29, 1.82) is 0 Å². The van der Waals surface area contributed by atoms with Gasteiger partial charge in [-0.2, -0.15) is 0 Å². The van der Waals surface area contributed by atoms with E-state index >= 15 is 0 Å². The van der Waals surface area contributed by atoms with Crippen molar-refractivity contribution in [2.75, 3.05) is 39.8 Å². The molecule has 2 rings (SSSR count). The summed E-state index contributed by atoms with van der Waals surface area (Å²) in [5.74, 6) is 0.0915. The number of rotatable bonds is 2. The van der Waals surface area contributed by atoms with Crippen LogP contribution in [0.1, 0.15) is 19.8 Å². The number of hydrogen-bond donors (Lipinski definition) is 2. The molecule has 2 fully saturated rings. The Morgan fingerprint density at radius 3 is 2.84 bits per heavy atom. The van der Waals surface area contributed by atoms with E-state index < -0.39 is 0 Å². The number of nitrogens with zero attached hydrogens (tertiary/aromatic N) is 2. The van der Waals surface area contributed by atoms with Crippen LogP contribution >= 0.6 is 0 Å². The first-order chi connectivity index (χ1) is 9.11. The standard InChI is InChI=1S/C13H24N4O2/c1-3-10-9-16(2)5-4-6-17(10)13(19)11-7-15-12(18)8-14-11/h10-11,14H,3-9H2,1-2H3,(H,15,18). The van der Waals surface area contributed by atoms with Gasteiger partial charge >= 0.3 is 0 Å². The van der Waals surface area contributed by atoms with Gasteiger partial charge < -0.3 is 15.1 Å². The third-order valence-corrected chi connectivity index (χ3v) is 3.97. The van der Waals surface area contributed by atoms with Gasteiger partial charge in [-0.1, -0.05) is 6.92 Å². The molecule has 108 valence electrons. The molecule has 2 aliphatic rings. The Hall–Kier alpha value is -1.14. The summed E-state index contributed by atoms with van der Waals surface area (Å²) in [7, 11) is 2.11. The molecule has 2 aliphatic heterocycles. The number of carbonyl (C=O) groups is 2. The molecule has 0 aromatic heterocycles. The van der Waals surface area contributed by atoms with Crippen LogP contribution < -0.4 is 10.6 Å². The van der Waals surface area contributed by atoms with Crippen molar-refractivity contribution in [3.8, 4) is 0 Å². The van der Waals surface area contributed by atoms with Crippen molar-refractivity contribution in [2.24, 2.45) is 0 Å². The largest absolute Gasteiger partial charge is 0.353 e. The fourth-order valence-corrected chi connectivity index (χ4v) is 2.82. The first-order valence-electron chi connectivity index (χ1n) is 7.11. The van der Waals surface area contributed by atoms with E-state index in [-0.39, 0.29) is 30.4 Å². The molecule has 2 unspecified atom stereocenters. The van der Waals surface area contributed by atoms with Crippen LogP contribution in [-0.2, 0) is 9.59 Å². The summed E-state index contributed by atoms with van der Waals surface area (Å²) in [6, 6.07) is 0.00887. The van der Waals surface area contributed by atoms with Crippen molar-refractivity contribution in [3.05, 3.63) is 0 Å². The fraction of sp³-hybridized carbons (Fsp3) is 0.846. The monoisotopic (exact) mass is 268 g/mol. The van der Waals surface area contributed by atoms with E-state index in [1.165, 1.54) is 0 Å². The second-order valence-electron chi connectivity index (χ2n) is 5.45. The third kappa shape index (κ3) is 3.45. The Bertz CT molecular complexity index is 338. The van der Waals surface area contributed by atoms with Crippen LogP contribution in [0.4, 0.5) is 0 Å². The highest BCUT2D eigenvalue weighted by atomic mass is 16.2. The van der Waals surface area contributed by atoms with Gasteiger partial charge in [0.15, 0.2) is 0 Å². The van der Waals surface area contributed by atoms with Crippen LogP contribution in [-0.4, -0.2) is 73.5 Å². The smallest absolute Gasteiger partial charge is 0.241 e. The molecule has 0 bridgehead atoms. The zero-order valence-corrected chi connectivity index (χ0v) is 11.8. The van der Waals surface area contributed by atoms with E-state index in [0.717, 1.165) is 32.5 Å². The van der Waals surface area contributed by atoms with Crippen LogP contribution in [0, 0.1) is 0 Å². The maximum atomic E-state index is 12.6. The second-order valence-corrected chi connectivity index (χ2v) is 5.45. The van der Waals surface area contributed by atoms with Gasteiger partial charge in [0.1, 0.15) is 6.04 Å². The van der Waals surface area contributed by atoms with Gasteiger partial charge in [-0.25, -0.2) is 0 Å². The summed E-state index contributed by atoms with van der Waals surface area (Å²) in [4.78, 5) is 28.0. The summed E-state index contributed by atoms with van der Waals surface area (Å²) in [6.45, 7) is 5.55. The quantitative estimate of drug-likeness (QED) is 0.675. The van der Waals surface area contributed by atoms with Crippen LogP contribution in [0.2, 0.25) is 0 Å². The Kier molecular flexibility index (Phi) is 4.76. The van der Waals surface area contributed by atoms with E-state index in [1.54, 1.807) is 0 Å². The van der Waals surface area contributed by atoms with E-state index in [4.69, 9.17) is 0 Å². The lowest BCUT2D eigenvalue weighted by atomic mass is 10.1. The highest BCUT2D eigenvalue weighted by Gasteiger charge is 2.32. The van der Waals surface area contributed by atoms with E-state index in [0.29, 0.717) is 6.54 Å². The van der Waals surface area contributed by atoms with Crippen molar-refractivity contribution in [1.82, 2.24) is 20.4 Å². The molecule has 0 aliphatic carbocycles. The van der Waals surface area contributed by atoms with Crippen LogP contribution in [0.5, 0.6) is 0 Å². The van der Waals surface area contributed by atoms with Gasteiger partial charge in [0, 0.05) is 25.7 Å². The lowest BCUT2D eigenvalue weighted by molar-refractivity contribution is -0.137. The fourth-order valence-electron chi connectivity index (χ4n) is 2.82. The molecule has 6 heteroatoms. The normalized spacial score (nSPS) is 29.8. The van der Waals surface area contributed by atoms with Crippen molar-refractivity contribution in [3.63, 3.8) is 0 Å². The molecule has 2 amide bonds. The number of amides is 2. The van der Waals surface area contributed by atoms with Crippen LogP contribution in [0.3, 0.4) is 0 Å². The summed E-state index contributed by atoms with van der Waals surface area (Å²) < 4.78 is 0. The highest BCUT2D eigenvalue weighted by molar-refractivity contribution is 5.87. The zero-order chi connectivity index (χ0) is 13.8. The predicted molar refractivity (Wildman–Crippen MR) is 72.7 cm³/mol.